The van der Waals surface area contributed by atoms with Crippen molar-refractivity contribution in [2.75, 3.05) is 18.2 Å². The van der Waals surface area contributed by atoms with Crippen LogP contribution in [0, 0.1) is 0 Å². The number of nitrogens with one attached hydrogen (secondary N) is 1. The molecule has 170 valence electrons. The molecule has 1 aliphatic rings. The molecule has 7 nitrogen and oxygen atoms in total. The summed E-state index contributed by atoms with van der Waals surface area (Å²) in [6, 6.07) is 11.8. The van der Waals surface area contributed by atoms with Crippen molar-refractivity contribution in [2.45, 2.75) is 37.9 Å². The average Bonchev–Trinajstić information content (AvgIpc) is 3.39. The molecule has 0 saturated carbocycles. The maximum Gasteiger partial charge on any atom is 0.278 e. The SMILES string of the molecule is CCn1c(SCC(=O)Nc2ccc3c(c2)CCC3)nc2c3cc(OC)ccc3n(C)c2c1=O. The molecule has 0 saturated heterocycles. The molecule has 0 atom stereocenters. The van der Waals surface area contributed by atoms with Crippen LogP contribution in [0.25, 0.3) is 21.9 Å². The molecule has 2 aromatic heterocycles. The number of hydrogen-bond acceptors (Lipinski definition) is 5. The van der Waals surface area contributed by atoms with Gasteiger partial charge in [-0.15, -0.1) is 0 Å². The van der Waals surface area contributed by atoms with Gasteiger partial charge in [0.05, 0.1) is 18.4 Å². The number of aromatic nitrogens is 3. The Morgan fingerprint density at radius 1 is 1.18 bits per heavy atom. The van der Waals surface area contributed by atoms with Crippen LogP contribution in [0.3, 0.4) is 0 Å². The predicted molar refractivity (Wildman–Crippen MR) is 133 cm³/mol. The molecule has 0 fully saturated rings. The Morgan fingerprint density at radius 3 is 2.79 bits per heavy atom. The first-order valence-corrected chi connectivity index (χ1v) is 12.1. The van der Waals surface area contributed by atoms with Crippen molar-refractivity contribution in [3.05, 3.63) is 57.9 Å². The van der Waals surface area contributed by atoms with E-state index in [1.807, 2.05) is 42.8 Å². The van der Waals surface area contributed by atoms with Gasteiger partial charge in [-0.3, -0.25) is 14.2 Å². The maximum atomic E-state index is 13.3. The Labute approximate surface area is 195 Å². The van der Waals surface area contributed by atoms with Gasteiger partial charge in [0.25, 0.3) is 5.56 Å². The maximum absolute atomic E-state index is 13.3. The lowest BCUT2D eigenvalue weighted by molar-refractivity contribution is -0.113. The molecule has 0 bridgehead atoms. The molecule has 2 heterocycles. The Balaban J connectivity index is 1.45. The van der Waals surface area contributed by atoms with E-state index in [9.17, 15) is 9.59 Å². The number of thioether (sulfide) groups is 1. The van der Waals surface area contributed by atoms with Gasteiger partial charge in [-0.2, -0.15) is 0 Å². The second-order valence-corrected chi connectivity index (χ2v) is 9.20. The van der Waals surface area contributed by atoms with Gasteiger partial charge in [0.1, 0.15) is 16.8 Å². The third kappa shape index (κ3) is 3.78. The van der Waals surface area contributed by atoms with E-state index in [0.29, 0.717) is 28.5 Å². The lowest BCUT2D eigenvalue weighted by Gasteiger charge is -2.11. The summed E-state index contributed by atoms with van der Waals surface area (Å²) in [5.41, 5.74) is 5.49. The van der Waals surface area contributed by atoms with Crippen molar-refractivity contribution in [1.82, 2.24) is 14.1 Å². The largest absolute Gasteiger partial charge is 0.497 e. The number of ether oxygens (including phenoxy) is 1. The van der Waals surface area contributed by atoms with E-state index >= 15 is 0 Å². The van der Waals surface area contributed by atoms with Crippen LogP contribution in [0.2, 0.25) is 0 Å². The number of benzene rings is 2. The summed E-state index contributed by atoms with van der Waals surface area (Å²) in [4.78, 5) is 30.8. The van der Waals surface area contributed by atoms with Gasteiger partial charge in [0, 0.05) is 24.7 Å². The quantitative estimate of drug-likeness (QED) is 0.344. The number of methoxy groups -OCH3 is 1. The summed E-state index contributed by atoms with van der Waals surface area (Å²) >= 11 is 1.28. The van der Waals surface area contributed by atoms with Crippen LogP contribution in [0.4, 0.5) is 5.69 Å². The van der Waals surface area contributed by atoms with Crippen molar-refractivity contribution >= 4 is 45.3 Å². The van der Waals surface area contributed by atoms with E-state index in [2.05, 4.69) is 17.4 Å². The first kappa shape index (κ1) is 21.6. The molecule has 1 amide bonds. The van der Waals surface area contributed by atoms with Gasteiger partial charge in [-0.05, 0) is 67.6 Å². The fourth-order valence-electron chi connectivity index (χ4n) is 4.63. The lowest BCUT2D eigenvalue weighted by atomic mass is 10.1. The smallest absolute Gasteiger partial charge is 0.278 e. The molecule has 1 N–H and O–H groups in total. The topological polar surface area (TPSA) is 78.2 Å². The number of amides is 1. The van der Waals surface area contributed by atoms with Crippen LogP contribution < -0.4 is 15.6 Å². The summed E-state index contributed by atoms with van der Waals surface area (Å²) in [7, 11) is 3.49. The second-order valence-electron chi connectivity index (χ2n) is 8.26. The van der Waals surface area contributed by atoms with E-state index in [-0.39, 0.29) is 17.2 Å². The van der Waals surface area contributed by atoms with Crippen molar-refractivity contribution in [2.24, 2.45) is 7.05 Å². The number of rotatable bonds is 6. The third-order valence-corrected chi connectivity index (χ3v) is 7.27. The Morgan fingerprint density at radius 2 is 2.00 bits per heavy atom. The number of fused-ring (bicyclic) bond motifs is 4. The van der Waals surface area contributed by atoms with Gasteiger partial charge in [0.15, 0.2) is 5.16 Å². The molecule has 8 heteroatoms. The number of anilines is 1. The van der Waals surface area contributed by atoms with Gasteiger partial charge in [0.2, 0.25) is 5.91 Å². The van der Waals surface area contributed by atoms with Crippen LogP contribution in [0.1, 0.15) is 24.5 Å². The minimum atomic E-state index is -0.116. The zero-order valence-corrected chi connectivity index (χ0v) is 19.8. The highest BCUT2D eigenvalue weighted by Crippen LogP contribution is 2.30. The highest BCUT2D eigenvalue weighted by Gasteiger charge is 2.19. The number of nitrogens with zero attached hydrogens (tertiary/aromatic N) is 3. The van der Waals surface area contributed by atoms with Crippen LogP contribution in [-0.2, 0) is 31.2 Å². The first-order valence-electron chi connectivity index (χ1n) is 11.1. The molecular weight excluding hydrogens is 436 g/mol. The van der Waals surface area contributed by atoms with E-state index < -0.39 is 0 Å². The molecule has 0 unspecified atom stereocenters. The summed E-state index contributed by atoms with van der Waals surface area (Å²) in [5.74, 6) is 0.761. The Bertz CT molecular complexity index is 1450. The first-order chi connectivity index (χ1) is 16.0. The van der Waals surface area contributed by atoms with Gasteiger partial charge >= 0.3 is 0 Å². The molecule has 0 radical (unpaired) electrons. The molecular formula is C25H26N4O3S. The number of hydrogen-bond donors (Lipinski definition) is 1. The standard InChI is InChI=1S/C25H26N4O3S/c1-4-29-24(31)23-22(19-13-18(32-3)10-11-20(19)28(23)2)27-25(29)33-14-21(30)26-17-9-8-15-6-5-7-16(15)12-17/h8-13H,4-7,14H2,1-3H3,(H,26,30). The summed E-state index contributed by atoms with van der Waals surface area (Å²) in [6.45, 7) is 2.39. The van der Waals surface area contributed by atoms with E-state index in [1.54, 1.807) is 11.7 Å². The van der Waals surface area contributed by atoms with Crippen LogP contribution in [0.5, 0.6) is 5.75 Å². The van der Waals surface area contributed by atoms with Gasteiger partial charge in [-0.1, -0.05) is 17.8 Å². The van der Waals surface area contributed by atoms with E-state index in [1.165, 1.54) is 29.3 Å². The minimum Gasteiger partial charge on any atom is -0.497 e. The Hall–Kier alpha value is -3.26. The monoisotopic (exact) mass is 462 g/mol. The van der Waals surface area contributed by atoms with E-state index in [0.717, 1.165) is 29.4 Å². The molecule has 0 aliphatic heterocycles. The predicted octanol–water partition coefficient (Wildman–Crippen LogP) is 4.14. The lowest BCUT2D eigenvalue weighted by Crippen LogP contribution is -2.24. The zero-order chi connectivity index (χ0) is 23.1. The minimum absolute atomic E-state index is 0.110. The molecule has 1 aliphatic carbocycles. The molecule has 5 rings (SSSR count). The van der Waals surface area contributed by atoms with Crippen LogP contribution in [-0.4, -0.2) is 32.9 Å². The van der Waals surface area contributed by atoms with Crippen molar-refractivity contribution in [3.63, 3.8) is 0 Å². The van der Waals surface area contributed by atoms with Gasteiger partial charge < -0.3 is 14.6 Å². The third-order valence-electron chi connectivity index (χ3n) is 6.30. The molecule has 4 aromatic rings. The second kappa shape index (κ2) is 8.59. The average molecular weight is 463 g/mol. The highest BCUT2D eigenvalue weighted by molar-refractivity contribution is 7.99. The highest BCUT2D eigenvalue weighted by atomic mass is 32.2. The van der Waals surface area contributed by atoms with Gasteiger partial charge in [-0.25, -0.2) is 4.98 Å². The molecule has 2 aromatic carbocycles. The molecule has 0 spiro atoms. The number of aryl methyl sites for hydroxylation is 3. The summed E-state index contributed by atoms with van der Waals surface area (Å²) < 4.78 is 8.88. The summed E-state index contributed by atoms with van der Waals surface area (Å²) in [5, 5.41) is 4.38. The van der Waals surface area contributed by atoms with Crippen molar-refractivity contribution in [3.8, 4) is 5.75 Å². The number of carbonyl (C=O) groups excluding carboxylic acids is 1. The number of carbonyl (C=O) groups is 1. The molecule has 33 heavy (non-hydrogen) atoms. The normalized spacial score (nSPS) is 12.9. The van der Waals surface area contributed by atoms with Crippen molar-refractivity contribution < 1.29 is 9.53 Å². The summed E-state index contributed by atoms with van der Waals surface area (Å²) in [6.07, 6.45) is 3.35. The zero-order valence-electron chi connectivity index (χ0n) is 19.0. The van der Waals surface area contributed by atoms with Crippen molar-refractivity contribution in [1.29, 1.82) is 0 Å². The Kier molecular flexibility index (Phi) is 5.62. The fourth-order valence-corrected chi connectivity index (χ4v) is 5.48. The van der Waals surface area contributed by atoms with Crippen LogP contribution in [0.15, 0.2) is 46.3 Å². The van der Waals surface area contributed by atoms with E-state index in [4.69, 9.17) is 9.72 Å². The fraction of sp³-hybridized carbons (Fsp3) is 0.320. The van der Waals surface area contributed by atoms with Crippen LogP contribution >= 0.6 is 11.8 Å².